The van der Waals surface area contributed by atoms with Crippen LogP contribution in [0.4, 0.5) is 68.2 Å². The zero-order chi connectivity index (χ0) is 72.6. The summed E-state index contributed by atoms with van der Waals surface area (Å²) in [5.74, 6) is 0. The van der Waals surface area contributed by atoms with Gasteiger partial charge in [0.25, 0.3) is 0 Å². The minimum absolute atomic E-state index is 0.886. The number of nitrogens with zero attached hydrogens (tertiary/aromatic N) is 4. The molecule has 5 nitrogen and oxygen atoms in total. The van der Waals surface area contributed by atoms with Gasteiger partial charge in [0.2, 0.25) is 0 Å². The molecule has 518 valence electrons. The summed E-state index contributed by atoms with van der Waals surface area (Å²) in [5.41, 5.74) is 17.8. The van der Waals surface area contributed by atoms with Gasteiger partial charge in [0.05, 0.1) is 32.1 Å². The van der Waals surface area contributed by atoms with Crippen LogP contribution in [0.25, 0.3) is 126 Å². The second kappa shape index (κ2) is 27.3. The van der Waals surface area contributed by atoms with Crippen molar-refractivity contribution in [3.63, 3.8) is 0 Å². The van der Waals surface area contributed by atoms with Gasteiger partial charge >= 0.3 is 0 Å². The van der Waals surface area contributed by atoms with Crippen LogP contribution in [-0.2, 0) is 0 Å². The maximum Gasteiger partial charge on any atom is 0.135 e. The molecule has 22 rings (SSSR count). The summed E-state index contributed by atoms with van der Waals surface area (Å²) in [5, 5.41) is 17.2. The van der Waals surface area contributed by atoms with Crippen LogP contribution in [0.1, 0.15) is 0 Å². The van der Waals surface area contributed by atoms with Crippen LogP contribution < -0.4 is 19.6 Å². The lowest BCUT2D eigenvalue weighted by atomic mass is 9.98. The lowest BCUT2D eigenvalue weighted by Crippen LogP contribution is -2.10. The highest BCUT2D eigenvalue weighted by Crippen LogP contribution is 2.53. The molecule has 0 atom stereocenters. The SMILES string of the molecule is c1ccc(-c2ccc(N(c3ccccc3)c3cccc4c3sc3ccc(N(c5ccccc5)c5cc6ccccc6c6sc7ccccc7c56)cc34)cc2)cc1.c1ccc(N(c2ccccc2)c2cccc3c2sc2ccc(N(c4ccc5oc6ccccc6c5c4)c4cc5ccccc5c5ccccc45)cc23)cc1. The van der Waals surface area contributed by atoms with Crippen LogP contribution in [-0.4, -0.2) is 0 Å². The fraction of sp³-hybridized carbons (Fsp3) is 0. The number of hydrogen-bond acceptors (Lipinski definition) is 8. The van der Waals surface area contributed by atoms with Crippen molar-refractivity contribution in [1.29, 1.82) is 0 Å². The molecular formula is C102H66N4OS3. The van der Waals surface area contributed by atoms with Crippen LogP contribution >= 0.6 is 34.0 Å². The minimum Gasteiger partial charge on any atom is -0.456 e. The fourth-order valence-electron chi connectivity index (χ4n) is 16.4. The number of anilines is 12. The zero-order valence-corrected chi connectivity index (χ0v) is 62.0. The first-order chi connectivity index (χ1) is 54.6. The van der Waals surface area contributed by atoms with Gasteiger partial charge in [0, 0.05) is 113 Å². The Labute approximate surface area is 647 Å². The molecule has 110 heavy (non-hydrogen) atoms. The smallest absolute Gasteiger partial charge is 0.135 e. The number of para-hydroxylation sites is 5. The number of rotatable bonds is 13. The molecule has 0 spiro atoms. The van der Waals surface area contributed by atoms with Crippen molar-refractivity contribution in [3.8, 4) is 11.1 Å². The molecule has 0 aliphatic carbocycles. The summed E-state index contributed by atoms with van der Waals surface area (Å²) in [7, 11) is 0. The summed E-state index contributed by atoms with van der Waals surface area (Å²) in [6, 6.07) is 145. The van der Waals surface area contributed by atoms with Gasteiger partial charge in [-0.1, -0.05) is 249 Å². The molecule has 0 N–H and O–H groups in total. The molecule has 4 heterocycles. The highest BCUT2D eigenvalue weighted by molar-refractivity contribution is 7.27. The third-order valence-corrected chi connectivity index (χ3v) is 25.0. The average molecular weight is 1460 g/mol. The van der Waals surface area contributed by atoms with E-state index in [2.05, 4.69) is 408 Å². The third kappa shape index (κ3) is 11.3. The maximum atomic E-state index is 6.30. The van der Waals surface area contributed by atoms with E-state index in [9.17, 15) is 0 Å². The number of benzene rings is 18. The van der Waals surface area contributed by atoms with Crippen LogP contribution in [0.2, 0.25) is 0 Å². The molecule has 0 amide bonds. The number of thiophene rings is 3. The van der Waals surface area contributed by atoms with E-state index in [0.717, 1.165) is 73.1 Å². The summed E-state index contributed by atoms with van der Waals surface area (Å²) >= 11 is 5.61. The van der Waals surface area contributed by atoms with E-state index in [1.165, 1.54) is 121 Å². The Morgan fingerprint density at radius 2 is 0.545 bits per heavy atom. The van der Waals surface area contributed by atoms with E-state index in [-0.39, 0.29) is 0 Å². The first-order valence-corrected chi connectivity index (χ1v) is 39.6. The lowest BCUT2D eigenvalue weighted by Gasteiger charge is -2.28. The molecule has 0 saturated carbocycles. The van der Waals surface area contributed by atoms with Crippen molar-refractivity contribution in [3.05, 3.63) is 400 Å². The monoisotopic (exact) mass is 1460 g/mol. The normalized spacial score (nSPS) is 11.6. The summed E-state index contributed by atoms with van der Waals surface area (Å²) < 4.78 is 14.0. The van der Waals surface area contributed by atoms with E-state index in [1.54, 1.807) is 0 Å². The van der Waals surface area contributed by atoms with E-state index in [0.29, 0.717) is 0 Å². The Morgan fingerprint density at radius 3 is 1.12 bits per heavy atom. The van der Waals surface area contributed by atoms with Crippen molar-refractivity contribution in [1.82, 2.24) is 0 Å². The first-order valence-electron chi connectivity index (χ1n) is 37.2. The number of hydrogen-bond donors (Lipinski definition) is 0. The highest BCUT2D eigenvalue weighted by Gasteiger charge is 2.26. The van der Waals surface area contributed by atoms with Gasteiger partial charge in [-0.3, -0.25) is 0 Å². The van der Waals surface area contributed by atoms with Crippen LogP contribution in [0.5, 0.6) is 0 Å². The Hall–Kier alpha value is -13.6. The van der Waals surface area contributed by atoms with Crippen LogP contribution in [0, 0.1) is 0 Å². The first kappa shape index (κ1) is 64.8. The fourth-order valence-corrected chi connectivity index (χ4v) is 20.0. The molecule has 0 fully saturated rings. The second-order valence-electron chi connectivity index (χ2n) is 27.8. The molecule has 0 aliphatic rings. The molecular weight excluding hydrogens is 1390 g/mol. The van der Waals surface area contributed by atoms with Crippen molar-refractivity contribution in [2.45, 2.75) is 0 Å². The van der Waals surface area contributed by atoms with Crippen molar-refractivity contribution < 1.29 is 4.42 Å². The lowest BCUT2D eigenvalue weighted by molar-refractivity contribution is 0.669. The van der Waals surface area contributed by atoms with Crippen molar-refractivity contribution in [2.75, 3.05) is 19.6 Å². The van der Waals surface area contributed by atoms with E-state index in [1.807, 2.05) is 46.1 Å². The minimum atomic E-state index is 0.886. The Morgan fingerprint density at radius 1 is 0.182 bits per heavy atom. The second-order valence-corrected chi connectivity index (χ2v) is 31.0. The molecule has 4 aromatic heterocycles. The van der Waals surface area contributed by atoms with Crippen LogP contribution in [0.3, 0.4) is 0 Å². The quantitative estimate of drug-likeness (QED) is 0.107. The van der Waals surface area contributed by atoms with Gasteiger partial charge in [0.15, 0.2) is 0 Å². The molecule has 22 aromatic rings. The molecule has 0 radical (unpaired) electrons. The van der Waals surface area contributed by atoms with Crippen LogP contribution in [0.15, 0.2) is 405 Å². The predicted molar refractivity (Wildman–Crippen MR) is 476 cm³/mol. The Balaban J connectivity index is 0.000000140. The average Bonchev–Trinajstić information content (AvgIpc) is 1.53. The van der Waals surface area contributed by atoms with Gasteiger partial charge < -0.3 is 24.0 Å². The standard InChI is InChI=1S/C52H34N2S2.C50H32N2OS/c1-4-15-35(16-5-1)36-27-29-40(30-28-36)53(38-18-6-2-7-19-38)46-25-14-24-43-45-34-41(31-32-49(45)55-51(43)46)54(39-20-8-3-9-21-39)47-33-37-17-10-11-22-42(37)52-50(47)44-23-12-13-26-48(44)56-52;1-3-15-34(16-4-1)51(35-17-5-2-6-18-35)45-24-13-23-42-44-32-37(27-29-49(44)54-50(42)45)52(36-26-28-48-43(31-36)41-22-11-12-25-47(41)53-48)46-30-33-14-7-8-19-38(33)39-20-9-10-21-40(39)46/h1-34H;1-32H. The van der Waals surface area contributed by atoms with Gasteiger partial charge in [0.1, 0.15) is 11.2 Å². The third-order valence-electron chi connectivity index (χ3n) is 21.4. The number of furan rings is 1. The molecule has 8 heteroatoms. The van der Waals surface area contributed by atoms with E-state index >= 15 is 0 Å². The predicted octanol–water partition coefficient (Wildman–Crippen LogP) is 31.4. The van der Waals surface area contributed by atoms with Gasteiger partial charge in [-0.25, -0.2) is 0 Å². The topological polar surface area (TPSA) is 26.1 Å². The largest absolute Gasteiger partial charge is 0.456 e. The van der Waals surface area contributed by atoms with Gasteiger partial charge in [-0.05, 0) is 190 Å². The molecule has 0 bridgehead atoms. The van der Waals surface area contributed by atoms with E-state index in [4.69, 9.17) is 4.42 Å². The highest BCUT2D eigenvalue weighted by atomic mass is 32.1. The van der Waals surface area contributed by atoms with Crippen molar-refractivity contribution in [2.24, 2.45) is 0 Å². The molecule has 0 aliphatic heterocycles. The molecule has 18 aromatic carbocycles. The molecule has 0 unspecified atom stereocenters. The molecule has 0 saturated heterocycles. The maximum absolute atomic E-state index is 6.30. The summed E-state index contributed by atoms with van der Waals surface area (Å²) in [6.07, 6.45) is 0. The summed E-state index contributed by atoms with van der Waals surface area (Å²) in [4.78, 5) is 9.67. The van der Waals surface area contributed by atoms with E-state index < -0.39 is 0 Å². The zero-order valence-electron chi connectivity index (χ0n) is 59.5. The van der Waals surface area contributed by atoms with Gasteiger partial charge in [-0.2, -0.15) is 0 Å². The van der Waals surface area contributed by atoms with Gasteiger partial charge in [-0.15, -0.1) is 34.0 Å². The Kier molecular flexibility index (Phi) is 16.1. The Bertz CT molecular complexity index is 7200. The number of fused-ring (bicyclic) bond motifs is 17. The summed E-state index contributed by atoms with van der Waals surface area (Å²) in [6.45, 7) is 0. The van der Waals surface area contributed by atoms with Crippen molar-refractivity contribution >= 4 is 217 Å².